The minimum Gasteiger partial charge on any atom is -0.480 e. The van der Waals surface area contributed by atoms with Crippen molar-refractivity contribution >= 4 is 5.97 Å². The molecule has 2 aliphatic rings. The molecule has 1 saturated carbocycles. The summed E-state index contributed by atoms with van der Waals surface area (Å²) in [5.74, 6) is -0.968. The first-order valence-electron chi connectivity index (χ1n) is 5.40. The summed E-state index contributed by atoms with van der Waals surface area (Å²) in [7, 11) is 0. The van der Waals surface area contributed by atoms with E-state index in [0.717, 1.165) is 6.04 Å². The van der Waals surface area contributed by atoms with Gasteiger partial charge in [-0.3, -0.25) is 4.79 Å². The van der Waals surface area contributed by atoms with Crippen LogP contribution < -0.4 is 5.73 Å². The molecule has 4 heteroatoms. The first-order valence-corrected chi connectivity index (χ1v) is 5.40. The number of carboxylic acid groups (broad SMARTS) is 1. The summed E-state index contributed by atoms with van der Waals surface area (Å²) in [6.07, 6.45) is 7.36. The predicted octanol–water partition coefficient (Wildman–Crippen LogP) is 0.664. The predicted molar refractivity (Wildman–Crippen MR) is 55.1 cm³/mol. The van der Waals surface area contributed by atoms with Gasteiger partial charge in [0.25, 0.3) is 0 Å². The molecule has 0 bridgehead atoms. The standard InChI is InChI=1S/C8H15N.C2H5NO2/c1-2-6-9(7-3-1)8-4-5-8;3-1-2(4)5/h8H,1-7H2;1,3H2,(H,4,5). The van der Waals surface area contributed by atoms with Crippen LogP contribution in [-0.4, -0.2) is 41.7 Å². The van der Waals surface area contributed by atoms with Gasteiger partial charge in [0.05, 0.1) is 6.54 Å². The molecule has 82 valence electrons. The second-order valence-corrected chi connectivity index (χ2v) is 3.93. The average molecular weight is 200 g/mol. The molecular weight excluding hydrogens is 180 g/mol. The molecule has 0 amide bonds. The fourth-order valence-electron chi connectivity index (χ4n) is 1.72. The quantitative estimate of drug-likeness (QED) is 0.687. The van der Waals surface area contributed by atoms with Crippen molar-refractivity contribution in [2.75, 3.05) is 19.6 Å². The SMILES string of the molecule is C1CCN(C2CC2)CC1.NCC(=O)O. The molecule has 1 aliphatic carbocycles. The van der Waals surface area contributed by atoms with Crippen molar-refractivity contribution in [3.8, 4) is 0 Å². The molecule has 1 saturated heterocycles. The van der Waals surface area contributed by atoms with Crippen molar-refractivity contribution in [3.05, 3.63) is 0 Å². The van der Waals surface area contributed by atoms with Crippen LogP contribution in [0.2, 0.25) is 0 Å². The number of piperidine rings is 1. The first-order chi connectivity index (χ1) is 6.74. The van der Waals surface area contributed by atoms with E-state index in [2.05, 4.69) is 10.6 Å². The highest BCUT2D eigenvalue weighted by Crippen LogP contribution is 2.28. The molecule has 0 aromatic rings. The number of carbonyl (C=O) groups is 1. The van der Waals surface area contributed by atoms with Crippen LogP contribution >= 0.6 is 0 Å². The van der Waals surface area contributed by atoms with Crippen molar-refractivity contribution in [2.24, 2.45) is 5.73 Å². The lowest BCUT2D eigenvalue weighted by atomic mass is 10.1. The van der Waals surface area contributed by atoms with Crippen molar-refractivity contribution in [3.63, 3.8) is 0 Å². The van der Waals surface area contributed by atoms with E-state index in [1.165, 1.54) is 45.2 Å². The van der Waals surface area contributed by atoms with Gasteiger partial charge in [-0.1, -0.05) is 6.42 Å². The van der Waals surface area contributed by atoms with Gasteiger partial charge in [0.1, 0.15) is 0 Å². The molecule has 2 rings (SSSR count). The summed E-state index contributed by atoms with van der Waals surface area (Å²) < 4.78 is 0. The number of hydrogen-bond acceptors (Lipinski definition) is 3. The van der Waals surface area contributed by atoms with E-state index in [9.17, 15) is 4.79 Å². The highest BCUT2D eigenvalue weighted by atomic mass is 16.4. The van der Waals surface area contributed by atoms with Crippen LogP contribution in [0.15, 0.2) is 0 Å². The number of hydrogen-bond donors (Lipinski definition) is 2. The van der Waals surface area contributed by atoms with E-state index in [-0.39, 0.29) is 6.54 Å². The van der Waals surface area contributed by atoms with Gasteiger partial charge in [-0.05, 0) is 38.8 Å². The third-order valence-electron chi connectivity index (χ3n) is 2.63. The zero-order chi connectivity index (χ0) is 10.4. The van der Waals surface area contributed by atoms with E-state index < -0.39 is 5.97 Å². The molecular formula is C10H20N2O2. The molecule has 14 heavy (non-hydrogen) atoms. The largest absolute Gasteiger partial charge is 0.480 e. The summed E-state index contributed by atoms with van der Waals surface area (Å²) in [4.78, 5) is 11.9. The van der Waals surface area contributed by atoms with Crippen molar-refractivity contribution in [1.82, 2.24) is 4.90 Å². The number of rotatable bonds is 2. The Morgan fingerprint density at radius 3 is 2.14 bits per heavy atom. The van der Waals surface area contributed by atoms with E-state index >= 15 is 0 Å². The van der Waals surface area contributed by atoms with Gasteiger partial charge in [0, 0.05) is 6.04 Å². The normalized spacial score (nSPS) is 22.4. The second-order valence-electron chi connectivity index (χ2n) is 3.93. The number of nitrogens with zero attached hydrogens (tertiary/aromatic N) is 1. The van der Waals surface area contributed by atoms with E-state index in [1.807, 2.05) is 0 Å². The molecule has 3 N–H and O–H groups in total. The molecule has 0 aromatic carbocycles. The van der Waals surface area contributed by atoms with E-state index in [4.69, 9.17) is 5.11 Å². The highest BCUT2D eigenvalue weighted by Gasteiger charge is 2.28. The molecule has 2 fully saturated rings. The lowest BCUT2D eigenvalue weighted by molar-refractivity contribution is -0.135. The average Bonchev–Trinajstić information content (AvgIpc) is 3.03. The topological polar surface area (TPSA) is 66.6 Å². The maximum Gasteiger partial charge on any atom is 0.317 e. The summed E-state index contributed by atoms with van der Waals surface area (Å²) in [6, 6.07) is 1.02. The maximum atomic E-state index is 9.24. The summed E-state index contributed by atoms with van der Waals surface area (Å²) in [6.45, 7) is 2.51. The van der Waals surface area contributed by atoms with Gasteiger partial charge >= 0.3 is 5.97 Å². The molecule has 0 radical (unpaired) electrons. The van der Waals surface area contributed by atoms with Crippen molar-refractivity contribution < 1.29 is 9.90 Å². The Hall–Kier alpha value is -0.610. The zero-order valence-corrected chi connectivity index (χ0v) is 8.61. The van der Waals surface area contributed by atoms with Gasteiger partial charge < -0.3 is 15.7 Å². The Labute approximate surface area is 85.1 Å². The third-order valence-corrected chi connectivity index (χ3v) is 2.63. The van der Waals surface area contributed by atoms with Crippen LogP contribution in [0.5, 0.6) is 0 Å². The van der Waals surface area contributed by atoms with Crippen LogP contribution in [-0.2, 0) is 4.79 Å². The Bertz CT molecular complexity index is 175. The summed E-state index contributed by atoms with van der Waals surface area (Å²) in [5.41, 5.74) is 4.57. The lowest BCUT2D eigenvalue weighted by Crippen LogP contribution is -2.31. The van der Waals surface area contributed by atoms with E-state index in [1.54, 1.807) is 0 Å². The highest BCUT2D eigenvalue weighted by molar-refractivity contribution is 5.68. The lowest BCUT2D eigenvalue weighted by Gasteiger charge is -2.25. The molecule has 0 unspecified atom stereocenters. The number of nitrogens with two attached hydrogens (primary N) is 1. The van der Waals surface area contributed by atoms with Crippen molar-refractivity contribution in [1.29, 1.82) is 0 Å². The summed E-state index contributed by atoms with van der Waals surface area (Å²) in [5, 5.41) is 7.60. The van der Waals surface area contributed by atoms with Crippen LogP contribution in [0.3, 0.4) is 0 Å². The van der Waals surface area contributed by atoms with Gasteiger partial charge in [-0.15, -0.1) is 0 Å². The molecule has 0 aromatic heterocycles. The Morgan fingerprint density at radius 2 is 1.79 bits per heavy atom. The monoisotopic (exact) mass is 200 g/mol. The Kier molecular flexibility index (Phi) is 4.90. The third kappa shape index (κ3) is 4.58. The maximum absolute atomic E-state index is 9.24. The van der Waals surface area contributed by atoms with Gasteiger partial charge in [-0.2, -0.15) is 0 Å². The summed E-state index contributed by atoms with van der Waals surface area (Å²) >= 11 is 0. The number of carboxylic acids is 1. The fourth-order valence-corrected chi connectivity index (χ4v) is 1.72. The number of aliphatic carboxylic acids is 1. The molecule has 1 heterocycles. The number of likely N-dealkylation sites (tertiary alicyclic amines) is 1. The second kappa shape index (κ2) is 5.98. The van der Waals surface area contributed by atoms with E-state index in [0.29, 0.717) is 0 Å². The fraction of sp³-hybridized carbons (Fsp3) is 0.900. The van der Waals surface area contributed by atoms with Gasteiger partial charge in [0.15, 0.2) is 0 Å². The van der Waals surface area contributed by atoms with Crippen LogP contribution in [0.4, 0.5) is 0 Å². The molecule has 1 aliphatic heterocycles. The van der Waals surface area contributed by atoms with Crippen LogP contribution in [0, 0.1) is 0 Å². The van der Waals surface area contributed by atoms with Crippen LogP contribution in [0.1, 0.15) is 32.1 Å². The molecule has 0 atom stereocenters. The van der Waals surface area contributed by atoms with Crippen molar-refractivity contribution in [2.45, 2.75) is 38.1 Å². The van der Waals surface area contributed by atoms with Crippen LogP contribution in [0.25, 0.3) is 0 Å². The first kappa shape index (κ1) is 11.5. The van der Waals surface area contributed by atoms with Gasteiger partial charge in [-0.25, -0.2) is 0 Å². The Balaban J connectivity index is 0.000000171. The smallest absolute Gasteiger partial charge is 0.317 e. The minimum atomic E-state index is -0.968. The Morgan fingerprint density at radius 1 is 1.29 bits per heavy atom. The van der Waals surface area contributed by atoms with Gasteiger partial charge in [0.2, 0.25) is 0 Å². The minimum absolute atomic E-state index is 0.278. The zero-order valence-electron chi connectivity index (χ0n) is 8.61. The molecule has 4 nitrogen and oxygen atoms in total. The molecule has 0 spiro atoms.